The summed E-state index contributed by atoms with van der Waals surface area (Å²) in [6.45, 7) is 0.441. The monoisotopic (exact) mass is 443 g/mol. The molecule has 0 aliphatic heterocycles. The number of nitrogens with zero attached hydrogens (tertiary/aromatic N) is 1. The summed E-state index contributed by atoms with van der Waals surface area (Å²) >= 11 is -2.04. The quantitative estimate of drug-likeness (QED) is 0.164. The standard InChI is InChI=1S/C23H23N3O3S.Na/c27-15-16-12-17(24-10-5-11-30(28)29)14-18(13-16)25-23-19-6-1-3-8-21(19)26-22-9-4-2-7-20(22)23;/h1-4,6-9,12-14,24,27H,5,10-11,15H2,(H,25,26)(H,28,29);/q;+1/p-1. The Kier molecular flexibility index (Phi) is 8.43. The van der Waals surface area contributed by atoms with Crippen LogP contribution in [0.1, 0.15) is 12.0 Å². The van der Waals surface area contributed by atoms with Gasteiger partial charge in [0.25, 0.3) is 0 Å². The summed E-state index contributed by atoms with van der Waals surface area (Å²) in [6, 6.07) is 21.7. The summed E-state index contributed by atoms with van der Waals surface area (Å²) in [4.78, 5) is 4.75. The van der Waals surface area contributed by atoms with Crippen LogP contribution in [0.5, 0.6) is 0 Å². The maximum atomic E-state index is 10.7. The number of pyridine rings is 1. The first-order valence-electron chi connectivity index (χ1n) is 9.73. The minimum absolute atomic E-state index is 0. The molecule has 0 aliphatic carbocycles. The van der Waals surface area contributed by atoms with Gasteiger partial charge in [-0.15, -0.1) is 0 Å². The van der Waals surface area contributed by atoms with Gasteiger partial charge in [0.15, 0.2) is 0 Å². The van der Waals surface area contributed by atoms with Crippen LogP contribution in [-0.4, -0.2) is 31.1 Å². The maximum absolute atomic E-state index is 10.7. The van der Waals surface area contributed by atoms with Crippen molar-refractivity contribution in [3.05, 3.63) is 72.3 Å². The van der Waals surface area contributed by atoms with Gasteiger partial charge in [0, 0.05) is 34.4 Å². The van der Waals surface area contributed by atoms with Crippen LogP contribution in [0.25, 0.3) is 21.8 Å². The zero-order valence-electron chi connectivity index (χ0n) is 17.3. The number of aliphatic hydroxyl groups is 1. The Morgan fingerprint density at radius 3 is 2.16 bits per heavy atom. The van der Waals surface area contributed by atoms with Crippen LogP contribution in [0.4, 0.5) is 17.1 Å². The van der Waals surface area contributed by atoms with Gasteiger partial charge in [-0.25, -0.2) is 4.98 Å². The third-order valence-electron chi connectivity index (χ3n) is 4.85. The van der Waals surface area contributed by atoms with Crippen LogP contribution in [0, 0.1) is 0 Å². The molecule has 0 spiro atoms. The topological polar surface area (TPSA) is 97.3 Å². The summed E-state index contributed by atoms with van der Waals surface area (Å²) in [5, 5.41) is 18.5. The molecule has 31 heavy (non-hydrogen) atoms. The molecule has 0 aliphatic rings. The molecule has 1 atom stereocenters. The molecule has 0 bridgehead atoms. The number of rotatable bonds is 8. The van der Waals surface area contributed by atoms with E-state index in [4.69, 9.17) is 4.98 Å². The Labute approximate surface area is 205 Å². The van der Waals surface area contributed by atoms with E-state index in [1.54, 1.807) is 0 Å². The van der Waals surface area contributed by atoms with E-state index in [1.807, 2.05) is 66.7 Å². The van der Waals surface area contributed by atoms with E-state index in [0.29, 0.717) is 13.0 Å². The molecular weight excluding hydrogens is 421 g/mol. The Balaban J connectivity index is 0.00000272. The molecule has 1 unspecified atom stereocenters. The van der Waals surface area contributed by atoms with E-state index in [2.05, 4.69) is 10.6 Å². The number of benzene rings is 3. The smallest absolute Gasteiger partial charge is 0.772 e. The van der Waals surface area contributed by atoms with Crippen molar-refractivity contribution < 1.29 is 43.4 Å². The molecule has 154 valence electrons. The molecule has 0 fully saturated rings. The van der Waals surface area contributed by atoms with Crippen molar-refractivity contribution in [3.8, 4) is 0 Å². The van der Waals surface area contributed by atoms with Crippen molar-refractivity contribution in [1.82, 2.24) is 4.98 Å². The third kappa shape index (κ3) is 5.83. The molecule has 4 aromatic rings. The number of hydrogen-bond donors (Lipinski definition) is 3. The molecule has 3 aromatic carbocycles. The summed E-state index contributed by atoms with van der Waals surface area (Å²) in [6.07, 6.45) is 0.516. The van der Waals surface area contributed by atoms with Gasteiger partial charge in [0.1, 0.15) is 0 Å². The first-order valence-corrected chi connectivity index (χ1v) is 11.0. The van der Waals surface area contributed by atoms with Gasteiger partial charge in [-0.3, -0.25) is 4.21 Å². The number of nitrogens with one attached hydrogen (secondary N) is 2. The molecule has 0 saturated carbocycles. The Morgan fingerprint density at radius 2 is 1.55 bits per heavy atom. The number of fused-ring (bicyclic) bond motifs is 2. The average Bonchev–Trinajstić information content (AvgIpc) is 2.76. The van der Waals surface area contributed by atoms with Crippen molar-refractivity contribution in [2.45, 2.75) is 13.0 Å². The normalized spacial score (nSPS) is 11.8. The molecule has 1 heterocycles. The predicted octanol–water partition coefficient (Wildman–Crippen LogP) is 1.31. The first-order chi connectivity index (χ1) is 14.6. The van der Waals surface area contributed by atoms with Gasteiger partial charge in [0.2, 0.25) is 0 Å². The van der Waals surface area contributed by atoms with E-state index in [1.165, 1.54) is 0 Å². The van der Waals surface area contributed by atoms with Gasteiger partial charge in [0.05, 0.1) is 23.3 Å². The first kappa shape index (κ1) is 23.7. The van der Waals surface area contributed by atoms with Gasteiger partial charge in [-0.05, 0) is 42.3 Å². The SMILES string of the molecule is O=S([O-])CCCNc1cc(CO)cc(Nc2c3ccccc3nc3ccccc23)c1.[Na+]. The van der Waals surface area contributed by atoms with Crippen LogP contribution >= 0.6 is 0 Å². The number of para-hydroxylation sites is 2. The average molecular weight is 444 g/mol. The van der Waals surface area contributed by atoms with Crippen LogP contribution < -0.4 is 40.2 Å². The largest absolute Gasteiger partial charge is 1.00 e. The minimum atomic E-state index is -2.04. The van der Waals surface area contributed by atoms with Crippen LogP contribution in [0.3, 0.4) is 0 Å². The van der Waals surface area contributed by atoms with Gasteiger partial charge >= 0.3 is 29.6 Å². The molecule has 0 radical (unpaired) electrons. The molecule has 3 N–H and O–H groups in total. The van der Waals surface area contributed by atoms with Crippen molar-refractivity contribution in [2.75, 3.05) is 22.9 Å². The van der Waals surface area contributed by atoms with E-state index in [9.17, 15) is 13.9 Å². The molecule has 1 aromatic heterocycles. The molecule has 4 rings (SSSR count). The van der Waals surface area contributed by atoms with Gasteiger partial charge < -0.3 is 20.3 Å². The second-order valence-corrected chi connectivity index (χ2v) is 8.03. The van der Waals surface area contributed by atoms with Crippen molar-refractivity contribution in [2.24, 2.45) is 0 Å². The second-order valence-electron chi connectivity index (χ2n) is 7.01. The third-order valence-corrected chi connectivity index (χ3v) is 5.47. The summed E-state index contributed by atoms with van der Waals surface area (Å²) in [5.41, 5.74) is 5.18. The number of aliphatic hydroxyl groups excluding tert-OH is 1. The van der Waals surface area contributed by atoms with E-state index in [-0.39, 0.29) is 41.9 Å². The molecule has 0 saturated heterocycles. The Bertz CT molecular complexity index is 1170. The zero-order chi connectivity index (χ0) is 20.9. The maximum Gasteiger partial charge on any atom is 1.00 e. The van der Waals surface area contributed by atoms with Crippen molar-refractivity contribution in [3.63, 3.8) is 0 Å². The Hall–Kier alpha value is -2.00. The van der Waals surface area contributed by atoms with Crippen LogP contribution in [0.15, 0.2) is 66.7 Å². The van der Waals surface area contributed by atoms with E-state index in [0.717, 1.165) is 44.4 Å². The fraction of sp³-hybridized carbons (Fsp3) is 0.174. The fourth-order valence-electron chi connectivity index (χ4n) is 3.50. The van der Waals surface area contributed by atoms with Crippen LogP contribution in [0.2, 0.25) is 0 Å². The molecular formula is C23H22N3NaO3S. The van der Waals surface area contributed by atoms with Crippen LogP contribution in [-0.2, 0) is 17.7 Å². The van der Waals surface area contributed by atoms with E-state index < -0.39 is 11.1 Å². The summed E-state index contributed by atoms with van der Waals surface area (Å²) in [5.74, 6) is 0.118. The summed E-state index contributed by atoms with van der Waals surface area (Å²) in [7, 11) is 0. The van der Waals surface area contributed by atoms with Crippen molar-refractivity contribution in [1.29, 1.82) is 0 Å². The molecule has 0 amide bonds. The molecule has 8 heteroatoms. The van der Waals surface area contributed by atoms with Gasteiger partial charge in [-0.1, -0.05) is 47.5 Å². The molecule has 6 nitrogen and oxygen atoms in total. The summed E-state index contributed by atoms with van der Waals surface area (Å²) < 4.78 is 21.4. The number of aromatic nitrogens is 1. The van der Waals surface area contributed by atoms with E-state index >= 15 is 0 Å². The number of hydrogen-bond acceptors (Lipinski definition) is 6. The Morgan fingerprint density at radius 1 is 0.935 bits per heavy atom. The zero-order valence-corrected chi connectivity index (χ0v) is 20.1. The van der Waals surface area contributed by atoms with Crippen molar-refractivity contribution >= 4 is 49.9 Å². The minimum Gasteiger partial charge on any atom is -0.772 e. The fourth-order valence-corrected chi connectivity index (χ4v) is 3.88. The second kappa shape index (κ2) is 11.0. The van der Waals surface area contributed by atoms with Gasteiger partial charge in [-0.2, -0.15) is 0 Å². The predicted molar refractivity (Wildman–Crippen MR) is 122 cm³/mol. The number of anilines is 3.